The number of imidazole rings is 1. The largest absolute Gasteiger partial charge is 0.416 e. The minimum Gasteiger partial charge on any atom is -0.357 e. The van der Waals surface area contributed by atoms with Gasteiger partial charge in [-0.25, -0.2) is 9.98 Å². The summed E-state index contributed by atoms with van der Waals surface area (Å²) < 4.78 is 65.1. The van der Waals surface area contributed by atoms with E-state index in [0.29, 0.717) is 31.0 Å². The molecule has 0 bridgehead atoms. The summed E-state index contributed by atoms with van der Waals surface area (Å²) in [7, 11) is 0. The number of nitrogens with zero attached hydrogens (tertiary/aromatic N) is 3. The van der Waals surface area contributed by atoms with E-state index in [9.17, 15) is 22.0 Å². The fourth-order valence-electron chi connectivity index (χ4n) is 2.73. The van der Waals surface area contributed by atoms with Crippen LogP contribution in [0.2, 0.25) is 0 Å². The molecule has 2 rings (SSSR count). The Bertz CT molecular complexity index is 807. The monoisotopic (exact) mass is 545 g/mol. The van der Waals surface area contributed by atoms with Crippen molar-refractivity contribution in [1.29, 1.82) is 0 Å². The third kappa shape index (κ3) is 7.73. The molecule has 0 saturated heterocycles. The molecule has 11 heteroatoms. The first kappa shape index (κ1) is 26.1. The zero-order valence-corrected chi connectivity index (χ0v) is 18.9. The van der Waals surface area contributed by atoms with Gasteiger partial charge in [0.2, 0.25) is 0 Å². The molecule has 0 fully saturated rings. The number of rotatable bonds is 8. The summed E-state index contributed by atoms with van der Waals surface area (Å²) in [6, 6.07) is 5.28. The zero-order valence-electron chi connectivity index (χ0n) is 16.6. The van der Waals surface area contributed by atoms with Crippen molar-refractivity contribution in [2.24, 2.45) is 4.99 Å². The summed E-state index contributed by atoms with van der Waals surface area (Å²) in [5.41, 5.74) is -0.0678. The van der Waals surface area contributed by atoms with Crippen LogP contribution in [0.5, 0.6) is 0 Å². The first-order valence-electron chi connectivity index (χ1n) is 9.21. The van der Waals surface area contributed by atoms with E-state index in [1.165, 1.54) is 18.5 Å². The van der Waals surface area contributed by atoms with Crippen molar-refractivity contribution < 1.29 is 22.0 Å². The summed E-state index contributed by atoms with van der Waals surface area (Å²) in [6.07, 6.45) is -1.33. The third-order valence-electron chi connectivity index (χ3n) is 4.33. The molecule has 0 saturated carbocycles. The van der Waals surface area contributed by atoms with Gasteiger partial charge in [-0.2, -0.15) is 22.0 Å². The van der Waals surface area contributed by atoms with Crippen LogP contribution in [-0.2, 0) is 12.7 Å². The molecular weight excluding hydrogens is 520 g/mol. The van der Waals surface area contributed by atoms with E-state index in [-0.39, 0.29) is 42.3 Å². The Kier molecular flexibility index (Phi) is 10.5. The molecule has 0 aliphatic rings. The molecule has 0 radical (unpaired) electrons. The molecule has 0 spiro atoms. The summed E-state index contributed by atoms with van der Waals surface area (Å²) in [6.45, 7) is 2.01. The van der Waals surface area contributed by atoms with Crippen LogP contribution in [0.3, 0.4) is 0 Å². The van der Waals surface area contributed by atoms with Gasteiger partial charge in [0.25, 0.3) is 0 Å². The van der Waals surface area contributed by atoms with Crippen molar-refractivity contribution in [2.45, 2.75) is 45.5 Å². The normalized spacial score (nSPS) is 13.1. The lowest BCUT2D eigenvalue weighted by molar-refractivity contribution is -0.137. The second kappa shape index (κ2) is 12.1. The van der Waals surface area contributed by atoms with Crippen LogP contribution in [0.25, 0.3) is 0 Å². The van der Waals surface area contributed by atoms with Crippen LogP contribution in [0.4, 0.5) is 22.0 Å². The van der Waals surface area contributed by atoms with E-state index in [2.05, 4.69) is 20.6 Å². The minimum absolute atomic E-state index is 0. The van der Waals surface area contributed by atoms with Crippen LogP contribution < -0.4 is 10.6 Å². The highest BCUT2D eigenvalue weighted by atomic mass is 127. The highest BCUT2D eigenvalue weighted by Gasteiger charge is 2.30. The standard InChI is InChI=1S/C19H24F5N5.HI/c1-3-25-18(28-12-16-26-9-10-29(16)17(20)21)27-8-7-13(2)14-5-4-6-15(11-14)19(22,23)24;/h4-6,9-11,13,17H,3,7-8,12H2,1-2H3,(H2,25,27,28);1H. The van der Waals surface area contributed by atoms with Gasteiger partial charge < -0.3 is 10.6 Å². The first-order valence-corrected chi connectivity index (χ1v) is 9.21. The van der Waals surface area contributed by atoms with Crippen molar-refractivity contribution in [3.63, 3.8) is 0 Å². The Balaban J connectivity index is 0.00000450. The van der Waals surface area contributed by atoms with Crippen molar-refractivity contribution >= 4 is 29.9 Å². The molecule has 2 aromatic rings. The Morgan fingerprint density at radius 3 is 2.60 bits per heavy atom. The predicted octanol–water partition coefficient (Wildman–Crippen LogP) is 5.16. The third-order valence-corrected chi connectivity index (χ3v) is 4.33. The maximum absolute atomic E-state index is 12.9. The summed E-state index contributed by atoms with van der Waals surface area (Å²) in [5.74, 6) is 0.451. The van der Waals surface area contributed by atoms with E-state index in [4.69, 9.17) is 0 Å². The Morgan fingerprint density at radius 2 is 1.97 bits per heavy atom. The minimum atomic E-state index is -4.37. The van der Waals surface area contributed by atoms with Gasteiger partial charge in [0.05, 0.1) is 5.56 Å². The topological polar surface area (TPSA) is 54.2 Å². The van der Waals surface area contributed by atoms with E-state index < -0.39 is 18.3 Å². The number of halogens is 6. The molecule has 168 valence electrons. The van der Waals surface area contributed by atoms with Gasteiger partial charge >= 0.3 is 12.7 Å². The average molecular weight is 545 g/mol. The molecule has 1 aromatic heterocycles. The van der Waals surface area contributed by atoms with E-state index in [1.54, 1.807) is 6.07 Å². The number of aromatic nitrogens is 2. The Morgan fingerprint density at radius 1 is 1.23 bits per heavy atom. The molecular formula is C19H25F5IN5. The van der Waals surface area contributed by atoms with E-state index >= 15 is 0 Å². The van der Waals surface area contributed by atoms with Crippen molar-refractivity contribution in [3.05, 3.63) is 53.6 Å². The van der Waals surface area contributed by atoms with Gasteiger partial charge in [0.15, 0.2) is 5.96 Å². The molecule has 0 aliphatic heterocycles. The van der Waals surface area contributed by atoms with Crippen LogP contribution >= 0.6 is 24.0 Å². The van der Waals surface area contributed by atoms with Crippen LogP contribution in [-0.4, -0.2) is 28.6 Å². The molecule has 1 unspecified atom stereocenters. The highest BCUT2D eigenvalue weighted by molar-refractivity contribution is 14.0. The Labute approximate surface area is 189 Å². The van der Waals surface area contributed by atoms with Gasteiger partial charge in [0.1, 0.15) is 12.4 Å². The molecule has 0 aliphatic carbocycles. The number of hydrogen-bond donors (Lipinski definition) is 2. The van der Waals surface area contributed by atoms with Gasteiger partial charge in [-0.15, -0.1) is 24.0 Å². The maximum atomic E-state index is 12.9. The molecule has 1 heterocycles. The van der Waals surface area contributed by atoms with Crippen LogP contribution in [0, 0.1) is 0 Å². The van der Waals surface area contributed by atoms with Gasteiger partial charge in [0, 0.05) is 25.5 Å². The van der Waals surface area contributed by atoms with Gasteiger partial charge in [-0.3, -0.25) is 4.57 Å². The molecule has 1 aromatic carbocycles. The summed E-state index contributed by atoms with van der Waals surface area (Å²) in [5, 5.41) is 6.07. The smallest absolute Gasteiger partial charge is 0.357 e. The second-order valence-electron chi connectivity index (χ2n) is 6.46. The number of benzene rings is 1. The summed E-state index contributed by atoms with van der Waals surface area (Å²) >= 11 is 0. The lowest BCUT2D eigenvalue weighted by Gasteiger charge is -2.16. The summed E-state index contributed by atoms with van der Waals surface area (Å²) in [4.78, 5) is 8.12. The number of hydrogen-bond acceptors (Lipinski definition) is 2. The second-order valence-corrected chi connectivity index (χ2v) is 6.46. The molecule has 2 N–H and O–H groups in total. The zero-order chi connectivity index (χ0) is 21.4. The number of nitrogens with one attached hydrogen (secondary N) is 2. The first-order chi connectivity index (χ1) is 13.7. The van der Waals surface area contributed by atoms with Crippen molar-refractivity contribution in [3.8, 4) is 0 Å². The van der Waals surface area contributed by atoms with E-state index in [0.717, 1.165) is 16.7 Å². The highest BCUT2D eigenvalue weighted by Crippen LogP contribution is 2.31. The molecule has 1 atom stereocenters. The predicted molar refractivity (Wildman–Crippen MR) is 116 cm³/mol. The fourth-order valence-corrected chi connectivity index (χ4v) is 2.73. The molecule has 30 heavy (non-hydrogen) atoms. The average Bonchev–Trinajstić information content (AvgIpc) is 3.14. The molecule has 5 nitrogen and oxygen atoms in total. The van der Waals surface area contributed by atoms with Gasteiger partial charge in [-0.05, 0) is 30.9 Å². The number of guanidine groups is 1. The SMILES string of the molecule is CCNC(=NCc1nccn1C(F)F)NCCC(C)c1cccc(C(F)(F)F)c1.I. The number of alkyl halides is 5. The Hall–Kier alpha value is -1.92. The van der Waals surface area contributed by atoms with Crippen molar-refractivity contribution in [2.75, 3.05) is 13.1 Å². The van der Waals surface area contributed by atoms with Gasteiger partial charge in [-0.1, -0.05) is 25.1 Å². The lowest BCUT2D eigenvalue weighted by Crippen LogP contribution is -2.38. The lowest BCUT2D eigenvalue weighted by atomic mass is 9.96. The van der Waals surface area contributed by atoms with Crippen LogP contribution in [0.1, 0.15) is 49.7 Å². The quantitative estimate of drug-likeness (QED) is 0.209. The maximum Gasteiger partial charge on any atom is 0.416 e. The fraction of sp³-hybridized carbons (Fsp3) is 0.474. The number of aliphatic imine (C=N–C) groups is 1. The van der Waals surface area contributed by atoms with Crippen molar-refractivity contribution in [1.82, 2.24) is 20.2 Å². The van der Waals surface area contributed by atoms with Crippen LogP contribution in [0.15, 0.2) is 41.7 Å². The molecule has 0 amide bonds. The van der Waals surface area contributed by atoms with E-state index in [1.807, 2.05) is 13.8 Å².